The second kappa shape index (κ2) is 5.22. The first-order valence-corrected chi connectivity index (χ1v) is 7.67. The van der Waals surface area contributed by atoms with Gasteiger partial charge in [-0.25, -0.2) is 0 Å². The summed E-state index contributed by atoms with van der Waals surface area (Å²) in [6.07, 6.45) is 4.50. The number of hydrogen-bond acceptors (Lipinski definition) is 3. The Hall–Kier alpha value is -1.16. The molecule has 1 atom stereocenters. The fraction of sp³-hybridized carbons (Fsp3) is 0.500. The summed E-state index contributed by atoms with van der Waals surface area (Å²) in [5.41, 5.74) is 3.45. The van der Waals surface area contributed by atoms with Gasteiger partial charge in [0.15, 0.2) is 0 Å². The van der Waals surface area contributed by atoms with E-state index in [0.29, 0.717) is 0 Å². The number of fused-ring (bicyclic) bond motifs is 1. The van der Waals surface area contributed by atoms with Crippen LogP contribution in [0.5, 0.6) is 0 Å². The van der Waals surface area contributed by atoms with Gasteiger partial charge < -0.3 is 10.6 Å². The molecule has 1 saturated heterocycles. The van der Waals surface area contributed by atoms with E-state index in [2.05, 4.69) is 22.8 Å². The number of thioether (sulfide) groups is 1. The normalized spacial score (nSPS) is 22.1. The molecule has 96 valence electrons. The Morgan fingerprint density at radius 3 is 3.17 bits per heavy atom. The first-order valence-electron chi connectivity index (χ1n) is 6.62. The van der Waals surface area contributed by atoms with Gasteiger partial charge in [0.05, 0.1) is 5.25 Å². The third-order valence-electron chi connectivity index (χ3n) is 3.54. The summed E-state index contributed by atoms with van der Waals surface area (Å²) < 4.78 is 0. The van der Waals surface area contributed by atoms with E-state index in [4.69, 9.17) is 0 Å². The molecule has 2 N–H and O–H groups in total. The van der Waals surface area contributed by atoms with Crippen molar-refractivity contribution in [3.63, 3.8) is 0 Å². The largest absolute Gasteiger partial charge is 0.385 e. The average Bonchev–Trinajstić information content (AvgIpc) is 2.92. The predicted octanol–water partition coefficient (Wildman–Crippen LogP) is 2.88. The first-order chi connectivity index (χ1) is 8.83. The Morgan fingerprint density at radius 1 is 1.39 bits per heavy atom. The van der Waals surface area contributed by atoms with Gasteiger partial charge in [-0.3, -0.25) is 4.79 Å². The smallest absolute Gasteiger partial charge is 0.237 e. The summed E-state index contributed by atoms with van der Waals surface area (Å²) in [6, 6.07) is 6.20. The lowest BCUT2D eigenvalue weighted by Gasteiger charge is -2.19. The molecule has 1 aromatic carbocycles. The number of amides is 1. The van der Waals surface area contributed by atoms with Crippen LogP contribution >= 0.6 is 11.8 Å². The highest BCUT2D eigenvalue weighted by Gasteiger charge is 2.23. The van der Waals surface area contributed by atoms with E-state index in [-0.39, 0.29) is 11.2 Å². The fourth-order valence-corrected chi connectivity index (χ4v) is 3.71. The lowest BCUT2D eigenvalue weighted by atomic mass is 10.0. The Kier molecular flexibility index (Phi) is 3.46. The molecule has 1 unspecified atom stereocenters. The van der Waals surface area contributed by atoms with E-state index >= 15 is 0 Å². The molecule has 1 fully saturated rings. The number of nitrogens with one attached hydrogen (secondary N) is 2. The first kappa shape index (κ1) is 11.9. The van der Waals surface area contributed by atoms with Crippen LogP contribution in [0.4, 0.5) is 11.4 Å². The molecule has 4 heteroatoms. The maximum absolute atomic E-state index is 12.0. The standard InChI is InChI=1S/C14H18N2OS/c17-14(13-4-2-8-18-13)16-11-6-5-10-3-1-7-15-12(10)9-11/h5-6,9,13,15H,1-4,7-8H2,(H,16,17). The number of hydrogen-bond donors (Lipinski definition) is 2. The quantitative estimate of drug-likeness (QED) is 0.861. The van der Waals surface area contributed by atoms with E-state index in [0.717, 1.165) is 37.2 Å². The Labute approximate surface area is 112 Å². The molecule has 2 aliphatic heterocycles. The van der Waals surface area contributed by atoms with Crippen molar-refractivity contribution >= 4 is 29.0 Å². The van der Waals surface area contributed by atoms with Gasteiger partial charge in [-0.2, -0.15) is 0 Å². The fourth-order valence-electron chi connectivity index (χ4n) is 2.55. The maximum atomic E-state index is 12.0. The highest BCUT2D eigenvalue weighted by atomic mass is 32.2. The van der Waals surface area contributed by atoms with Gasteiger partial charge in [-0.05, 0) is 49.1 Å². The van der Waals surface area contributed by atoms with Crippen LogP contribution in [0.3, 0.4) is 0 Å². The summed E-state index contributed by atoms with van der Waals surface area (Å²) in [5.74, 6) is 1.28. The Balaban J connectivity index is 1.70. The predicted molar refractivity (Wildman–Crippen MR) is 77.4 cm³/mol. The maximum Gasteiger partial charge on any atom is 0.237 e. The van der Waals surface area contributed by atoms with Crippen molar-refractivity contribution < 1.29 is 4.79 Å². The molecule has 0 aliphatic carbocycles. The molecule has 0 aromatic heterocycles. The van der Waals surface area contributed by atoms with E-state index in [1.165, 1.54) is 17.7 Å². The Bertz CT molecular complexity index is 455. The molecule has 2 aliphatic rings. The van der Waals surface area contributed by atoms with Crippen molar-refractivity contribution in [2.24, 2.45) is 0 Å². The highest BCUT2D eigenvalue weighted by molar-refractivity contribution is 8.00. The van der Waals surface area contributed by atoms with Crippen LogP contribution in [-0.4, -0.2) is 23.5 Å². The molecular formula is C14H18N2OS. The van der Waals surface area contributed by atoms with Crippen molar-refractivity contribution in [2.75, 3.05) is 22.9 Å². The number of rotatable bonds is 2. The minimum absolute atomic E-state index is 0.147. The summed E-state index contributed by atoms with van der Waals surface area (Å²) in [7, 11) is 0. The van der Waals surface area contributed by atoms with Crippen LogP contribution < -0.4 is 10.6 Å². The van der Waals surface area contributed by atoms with Gasteiger partial charge in [0.2, 0.25) is 5.91 Å². The topological polar surface area (TPSA) is 41.1 Å². The number of aryl methyl sites for hydroxylation is 1. The van der Waals surface area contributed by atoms with Gasteiger partial charge in [0, 0.05) is 17.9 Å². The van der Waals surface area contributed by atoms with Crippen LogP contribution in [0.2, 0.25) is 0 Å². The lowest BCUT2D eigenvalue weighted by Crippen LogP contribution is -2.23. The van der Waals surface area contributed by atoms with Crippen molar-refractivity contribution in [3.8, 4) is 0 Å². The van der Waals surface area contributed by atoms with Crippen molar-refractivity contribution in [1.82, 2.24) is 0 Å². The second-order valence-corrected chi connectivity index (χ2v) is 6.20. The SMILES string of the molecule is O=C(Nc1ccc2c(c1)NCCC2)C1CCCS1. The van der Waals surface area contributed by atoms with Crippen LogP contribution in [0.15, 0.2) is 18.2 Å². The van der Waals surface area contributed by atoms with Gasteiger partial charge >= 0.3 is 0 Å². The number of carbonyl (C=O) groups is 1. The highest BCUT2D eigenvalue weighted by Crippen LogP contribution is 2.29. The van der Waals surface area contributed by atoms with Crippen LogP contribution in [0.25, 0.3) is 0 Å². The molecule has 18 heavy (non-hydrogen) atoms. The van der Waals surface area contributed by atoms with Gasteiger partial charge in [0.25, 0.3) is 0 Å². The van der Waals surface area contributed by atoms with E-state index < -0.39 is 0 Å². The second-order valence-electron chi connectivity index (χ2n) is 4.89. The number of carbonyl (C=O) groups excluding carboxylic acids is 1. The molecule has 0 saturated carbocycles. The van der Waals surface area contributed by atoms with Crippen LogP contribution in [0.1, 0.15) is 24.8 Å². The van der Waals surface area contributed by atoms with Crippen molar-refractivity contribution in [1.29, 1.82) is 0 Å². The molecule has 1 aromatic rings. The molecule has 1 amide bonds. The molecule has 2 heterocycles. The number of benzene rings is 1. The molecule has 3 nitrogen and oxygen atoms in total. The van der Waals surface area contributed by atoms with Gasteiger partial charge in [0.1, 0.15) is 0 Å². The molecule has 3 rings (SSSR count). The minimum atomic E-state index is 0.147. The molecule has 0 bridgehead atoms. The lowest BCUT2D eigenvalue weighted by molar-refractivity contribution is -0.115. The zero-order chi connectivity index (χ0) is 12.4. The zero-order valence-corrected chi connectivity index (χ0v) is 11.2. The third-order valence-corrected chi connectivity index (χ3v) is 4.91. The summed E-state index contributed by atoms with van der Waals surface area (Å²) >= 11 is 1.77. The third kappa shape index (κ3) is 2.48. The summed E-state index contributed by atoms with van der Waals surface area (Å²) in [6.45, 7) is 1.03. The van der Waals surface area contributed by atoms with Gasteiger partial charge in [-0.15, -0.1) is 11.8 Å². The van der Waals surface area contributed by atoms with Crippen LogP contribution in [-0.2, 0) is 11.2 Å². The summed E-state index contributed by atoms with van der Waals surface area (Å²) in [4.78, 5) is 12.0. The molecule has 0 spiro atoms. The minimum Gasteiger partial charge on any atom is -0.385 e. The van der Waals surface area contributed by atoms with Gasteiger partial charge in [-0.1, -0.05) is 6.07 Å². The monoisotopic (exact) mass is 262 g/mol. The number of anilines is 2. The average molecular weight is 262 g/mol. The zero-order valence-electron chi connectivity index (χ0n) is 10.4. The summed E-state index contributed by atoms with van der Waals surface area (Å²) in [5, 5.41) is 6.57. The van der Waals surface area contributed by atoms with E-state index in [9.17, 15) is 4.79 Å². The van der Waals surface area contributed by atoms with Crippen molar-refractivity contribution in [2.45, 2.75) is 30.9 Å². The van der Waals surface area contributed by atoms with E-state index in [1.54, 1.807) is 11.8 Å². The van der Waals surface area contributed by atoms with Crippen molar-refractivity contribution in [3.05, 3.63) is 23.8 Å². The Morgan fingerprint density at radius 2 is 2.33 bits per heavy atom. The molecular weight excluding hydrogens is 244 g/mol. The molecule has 0 radical (unpaired) electrons. The van der Waals surface area contributed by atoms with Crippen LogP contribution in [0, 0.1) is 0 Å². The van der Waals surface area contributed by atoms with E-state index in [1.807, 2.05) is 6.07 Å².